The van der Waals surface area contributed by atoms with Crippen molar-refractivity contribution in [1.29, 1.82) is 0 Å². The summed E-state index contributed by atoms with van der Waals surface area (Å²) in [4.78, 5) is 15.8. The molecule has 1 unspecified atom stereocenters. The molecule has 0 spiro atoms. The smallest absolute Gasteiger partial charge is 0.408 e. The predicted molar refractivity (Wildman–Crippen MR) is 77.9 cm³/mol. The standard InChI is InChI=1S/C14H22N4O3/c1-14(2,3)21-13(19)16-10-6-5-7-11(8-10)18-9-15-12(17-18)20-4/h8-10H,5-7H2,1-4H3,(H,16,19). The van der Waals surface area contributed by atoms with E-state index in [9.17, 15) is 4.79 Å². The average Bonchev–Trinajstić information content (AvgIpc) is 2.85. The van der Waals surface area contributed by atoms with Crippen LogP contribution in [0.1, 0.15) is 40.0 Å². The molecule has 0 aliphatic heterocycles. The van der Waals surface area contributed by atoms with Gasteiger partial charge < -0.3 is 14.8 Å². The fourth-order valence-electron chi connectivity index (χ4n) is 2.15. The third kappa shape index (κ3) is 4.47. The van der Waals surface area contributed by atoms with E-state index < -0.39 is 11.7 Å². The molecule has 1 aromatic rings. The van der Waals surface area contributed by atoms with Crippen LogP contribution in [-0.2, 0) is 4.74 Å². The highest BCUT2D eigenvalue weighted by molar-refractivity contribution is 5.69. The molecule has 1 aliphatic rings. The second-order valence-corrected chi connectivity index (χ2v) is 5.98. The van der Waals surface area contributed by atoms with E-state index in [0.29, 0.717) is 6.01 Å². The molecule has 21 heavy (non-hydrogen) atoms. The van der Waals surface area contributed by atoms with Crippen LogP contribution in [0.4, 0.5) is 4.79 Å². The highest BCUT2D eigenvalue weighted by atomic mass is 16.6. The minimum atomic E-state index is -0.495. The van der Waals surface area contributed by atoms with Crippen LogP contribution in [0.25, 0.3) is 5.70 Å². The zero-order chi connectivity index (χ0) is 15.5. The Balaban J connectivity index is 2.01. The highest BCUT2D eigenvalue weighted by Crippen LogP contribution is 2.22. The molecule has 0 saturated carbocycles. The number of aromatic nitrogens is 3. The summed E-state index contributed by atoms with van der Waals surface area (Å²) in [6.45, 7) is 5.53. The Morgan fingerprint density at radius 3 is 2.86 bits per heavy atom. The number of methoxy groups -OCH3 is 1. The van der Waals surface area contributed by atoms with E-state index in [1.165, 1.54) is 7.11 Å². The first-order valence-electron chi connectivity index (χ1n) is 7.03. The average molecular weight is 294 g/mol. The molecule has 1 aromatic heterocycles. The topological polar surface area (TPSA) is 78.3 Å². The third-order valence-corrected chi connectivity index (χ3v) is 2.99. The first-order valence-corrected chi connectivity index (χ1v) is 7.03. The van der Waals surface area contributed by atoms with E-state index in [2.05, 4.69) is 15.4 Å². The zero-order valence-corrected chi connectivity index (χ0v) is 12.9. The van der Waals surface area contributed by atoms with Crippen LogP contribution < -0.4 is 10.1 Å². The molecule has 1 amide bonds. The van der Waals surface area contributed by atoms with Crippen LogP contribution in [0.5, 0.6) is 6.01 Å². The molecular weight excluding hydrogens is 272 g/mol. The van der Waals surface area contributed by atoms with Crippen molar-refractivity contribution in [2.45, 2.75) is 51.7 Å². The van der Waals surface area contributed by atoms with Crippen LogP contribution in [0.2, 0.25) is 0 Å². The zero-order valence-electron chi connectivity index (χ0n) is 12.9. The Morgan fingerprint density at radius 2 is 2.24 bits per heavy atom. The molecule has 0 bridgehead atoms. The maximum Gasteiger partial charge on any atom is 0.408 e. The maximum absolute atomic E-state index is 11.8. The van der Waals surface area contributed by atoms with Gasteiger partial charge in [0.2, 0.25) is 0 Å². The summed E-state index contributed by atoms with van der Waals surface area (Å²) in [5.74, 6) is 0. The van der Waals surface area contributed by atoms with Crippen molar-refractivity contribution in [3.63, 3.8) is 0 Å². The molecule has 1 N–H and O–H groups in total. The number of carbonyl (C=O) groups is 1. The van der Waals surface area contributed by atoms with E-state index in [4.69, 9.17) is 9.47 Å². The fourth-order valence-corrected chi connectivity index (χ4v) is 2.15. The lowest BCUT2D eigenvalue weighted by Crippen LogP contribution is -2.39. The highest BCUT2D eigenvalue weighted by Gasteiger charge is 2.21. The molecule has 0 radical (unpaired) electrons. The van der Waals surface area contributed by atoms with Crippen molar-refractivity contribution in [3.8, 4) is 6.01 Å². The summed E-state index contributed by atoms with van der Waals surface area (Å²) in [6.07, 6.45) is 5.94. The Morgan fingerprint density at radius 1 is 1.48 bits per heavy atom. The van der Waals surface area contributed by atoms with Gasteiger partial charge in [-0.1, -0.05) is 0 Å². The van der Waals surface area contributed by atoms with Crippen molar-refractivity contribution in [3.05, 3.63) is 12.4 Å². The van der Waals surface area contributed by atoms with Gasteiger partial charge in [-0.2, -0.15) is 4.98 Å². The molecule has 1 atom stereocenters. The number of alkyl carbamates (subject to hydrolysis) is 1. The number of hydrogen-bond acceptors (Lipinski definition) is 5. The monoisotopic (exact) mass is 294 g/mol. The molecule has 1 aliphatic carbocycles. The van der Waals surface area contributed by atoms with Gasteiger partial charge in [-0.15, -0.1) is 5.10 Å². The van der Waals surface area contributed by atoms with Crippen molar-refractivity contribution in [2.75, 3.05) is 7.11 Å². The lowest BCUT2D eigenvalue weighted by Gasteiger charge is -2.25. The third-order valence-electron chi connectivity index (χ3n) is 2.99. The van der Waals surface area contributed by atoms with Crippen LogP contribution in [-0.4, -0.2) is 39.6 Å². The van der Waals surface area contributed by atoms with Crippen molar-refractivity contribution < 1.29 is 14.3 Å². The number of allylic oxidation sites excluding steroid dienone is 1. The summed E-state index contributed by atoms with van der Waals surface area (Å²) in [5.41, 5.74) is 0.503. The van der Waals surface area contributed by atoms with E-state index in [-0.39, 0.29) is 6.04 Å². The van der Waals surface area contributed by atoms with Crippen LogP contribution in [0.3, 0.4) is 0 Å². The summed E-state index contributed by atoms with van der Waals surface area (Å²) in [6, 6.07) is 0.275. The largest absolute Gasteiger partial charge is 0.466 e. The number of nitrogens with zero attached hydrogens (tertiary/aromatic N) is 3. The summed E-state index contributed by atoms with van der Waals surface area (Å²) in [7, 11) is 1.53. The predicted octanol–water partition coefficient (Wildman–Crippen LogP) is 2.20. The van der Waals surface area contributed by atoms with E-state index in [0.717, 1.165) is 25.0 Å². The number of rotatable bonds is 3. The van der Waals surface area contributed by atoms with Gasteiger partial charge in [-0.05, 0) is 46.1 Å². The van der Waals surface area contributed by atoms with Gasteiger partial charge in [-0.25, -0.2) is 9.48 Å². The lowest BCUT2D eigenvalue weighted by atomic mass is 10.0. The lowest BCUT2D eigenvalue weighted by molar-refractivity contribution is 0.0511. The maximum atomic E-state index is 11.8. The quantitative estimate of drug-likeness (QED) is 0.924. The van der Waals surface area contributed by atoms with E-state index in [1.54, 1.807) is 11.0 Å². The number of nitrogens with one attached hydrogen (secondary N) is 1. The first-order chi connectivity index (χ1) is 9.87. The van der Waals surface area contributed by atoms with Crippen LogP contribution in [0, 0.1) is 0 Å². The van der Waals surface area contributed by atoms with Crippen molar-refractivity contribution in [2.24, 2.45) is 0 Å². The molecule has 7 heteroatoms. The van der Waals surface area contributed by atoms with Gasteiger partial charge in [0.25, 0.3) is 0 Å². The van der Waals surface area contributed by atoms with Crippen LogP contribution >= 0.6 is 0 Å². The Bertz CT molecular complexity index is 531. The SMILES string of the molecule is COc1ncn(C2=CC(NC(=O)OC(C)(C)C)CCC2)n1. The second kappa shape index (κ2) is 6.15. The number of hydrogen-bond donors (Lipinski definition) is 1. The van der Waals surface area contributed by atoms with Gasteiger partial charge in [0.1, 0.15) is 11.9 Å². The normalized spacial score (nSPS) is 18.9. The Labute approximate surface area is 124 Å². The molecule has 0 aromatic carbocycles. The molecular formula is C14H22N4O3. The molecule has 116 valence electrons. The van der Waals surface area contributed by atoms with Crippen molar-refractivity contribution in [1.82, 2.24) is 20.1 Å². The Hall–Kier alpha value is -2.05. The van der Waals surface area contributed by atoms with E-state index >= 15 is 0 Å². The van der Waals surface area contributed by atoms with Gasteiger partial charge >= 0.3 is 12.1 Å². The summed E-state index contributed by atoms with van der Waals surface area (Å²) in [5, 5.41) is 7.06. The van der Waals surface area contributed by atoms with Gasteiger partial charge in [-0.3, -0.25) is 0 Å². The molecule has 1 heterocycles. The summed E-state index contributed by atoms with van der Waals surface area (Å²) < 4.78 is 11.9. The second-order valence-electron chi connectivity index (χ2n) is 5.98. The molecule has 2 rings (SSSR count). The number of ether oxygens (including phenoxy) is 2. The van der Waals surface area contributed by atoms with Crippen LogP contribution in [0.15, 0.2) is 12.4 Å². The Kier molecular flexibility index (Phi) is 4.50. The van der Waals surface area contributed by atoms with Crippen molar-refractivity contribution >= 4 is 11.8 Å². The summed E-state index contributed by atoms with van der Waals surface area (Å²) >= 11 is 0. The van der Waals surface area contributed by atoms with Gasteiger partial charge in [0.05, 0.1) is 13.2 Å². The first kappa shape index (κ1) is 15.3. The molecule has 7 nitrogen and oxygen atoms in total. The van der Waals surface area contributed by atoms with Gasteiger partial charge in [0, 0.05) is 5.70 Å². The number of carbonyl (C=O) groups excluding carboxylic acids is 1. The molecule has 0 fully saturated rings. The fraction of sp³-hybridized carbons (Fsp3) is 0.643. The minimum absolute atomic E-state index is 0.0567. The minimum Gasteiger partial charge on any atom is -0.466 e. The number of amides is 1. The molecule has 0 saturated heterocycles. The van der Waals surface area contributed by atoms with E-state index in [1.807, 2.05) is 26.8 Å². The van der Waals surface area contributed by atoms with Gasteiger partial charge in [0.15, 0.2) is 0 Å².